The van der Waals surface area contributed by atoms with Gasteiger partial charge in [0.05, 0.1) is 5.69 Å². The van der Waals surface area contributed by atoms with Crippen LogP contribution in [0.5, 0.6) is 0 Å². The Morgan fingerprint density at radius 1 is 1.55 bits per heavy atom. The van der Waals surface area contributed by atoms with E-state index in [1.807, 2.05) is 11.6 Å². The molecule has 2 heterocycles. The second kappa shape index (κ2) is 8.27. The number of carbonyl (C=O) groups excluding carboxylic acids is 1. The number of rotatable bonds is 6. The lowest BCUT2D eigenvalue weighted by Crippen LogP contribution is -2.32. The molecule has 114 valence electrons. The summed E-state index contributed by atoms with van der Waals surface area (Å²) in [5.41, 5.74) is 2.23. The number of amides is 1. The Balaban J connectivity index is 0.00000200. The van der Waals surface area contributed by atoms with Crippen molar-refractivity contribution in [2.24, 2.45) is 0 Å². The first-order valence-electron chi connectivity index (χ1n) is 7.16. The highest BCUT2D eigenvalue weighted by Crippen LogP contribution is 2.08. The van der Waals surface area contributed by atoms with Gasteiger partial charge in [-0.3, -0.25) is 9.48 Å². The summed E-state index contributed by atoms with van der Waals surface area (Å²) in [7, 11) is 0. The zero-order chi connectivity index (χ0) is 13.7. The first-order chi connectivity index (χ1) is 9.15. The largest absolute Gasteiger partial charge is 0.356 e. The van der Waals surface area contributed by atoms with Crippen molar-refractivity contribution in [1.82, 2.24) is 20.4 Å². The molecule has 1 atom stereocenters. The van der Waals surface area contributed by atoms with Gasteiger partial charge in [-0.15, -0.1) is 12.4 Å². The van der Waals surface area contributed by atoms with E-state index in [4.69, 9.17) is 0 Å². The van der Waals surface area contributed by atoms with E-state index in [1.165, 1.54) is 12.1 Å². The Bertz CT molecular complexity index is 427. The topological polar surface area (TPSA) is 59.0 Å². The van der Waals surface area contributed by atoms with Crippen molar-refractivity contribution < 1.29 is 4.79 Å². The molecule has 0 spiro atoms. The van der Waals surface area contributed by atoms with Crippen LogP contribution in [0.25, 0.3) is 0 Å². The lowest BCUT2D eigenvalue weighted by molar-refractivity contribution is -0.121. The molecule has 6 heteroatoms. The molecule has 1 fully saturated rings. The summed E-state index contributed by atoms with van der Waals surface area (Å²) in [5.74, 6) is 0.160. The van der Waals surface area contributed by atoms with Crippen LogP contribution in [0.2, 0.25) is 0 Å². The van der Waals surface area contributed by atoms with Crippen LogP contribution in [0.4, 0.5) is 0 Å². The molecule has 0 aromatic carbocycles. The zero-order valence-corrected chi connectivity index (χ0v) is 13.1. The van der Waals surface area contributed by atoms with Crippen LogP contribution < -0.4 is 10.6 Å². The van der Waals surface area contributed by atoms with E-state index in [1.54, 1.807) is 0 Å². The maximum absolute atomic E-state index is 11.7. The SMILES string of the molecule is Cc1cc(C)n(CCCNC(=O)CC2CCCN2)n1.Cl. The van der Waals surface area contributed by atoms with Gasteiger partial charge in [-0.25, -0.2) is 0 Å². The predicted octanol–water partition coefficient (Wildman–Crippen LogP) is 1.57. The Morgan fingerprint density at radius 2 is 2.35 bits per heavy atom. The third-order valence-electron chi connectivity index (χ3n) is 3.57. The van der Waals surface area contributed by atoms with Gasteiger partial charge in [0.25, 0.3) is 0 Å². The summed E-state index contributed by atoms with van der Waals surface area (Å²) in [6.07, 6.45) is 3.85. The monoisotopic (exact) mass is 300 g/mol. The number of aryl methyl sites for hydroxylation is 3. The fraction of sp³-hybridized carbons (Fsp3) is 0.714. The van der Waals surface area contributed by atoms with Gasteiger partial charge in [0.2, 0.25) is 5.91 Å². The Kier molecular flexibility index (Phi) is 7.02. The second-order valence-electron chi connectivity index (χ2n) is 5.35. The highest BCUT2D eigenvalue weighted by molar-refractivity contribution is 5.85. The quantitative estimate of drug-likeness (QED) is 0.784. The summed E-state index contributed by atoms with van der Waals surface area (Å²) in [4.78, 5) is 11.7. The molecule has 20 heavy (non-hydrogen) atoms. The van der Waals surface area contributed by atoms with E-state index >= 15 is 0 Å². The van der Waals surface area contributed by atoms with Gasteiger partial charge in [-0.05, 0) is 45.7 Å². The van der Waals surface area contributed by atoms with Gasteiger partial charge in [-0.2, -0.15) is 5.10 Å². The predicted molar refractivity (Wildman–Crippen MR) is 82.2 cm³/mol. The van der Waals surface area contributed by atoms with Crippen LogP contribution in [0.1, 0.15) is 37.1 Å². The van der Waals surface area contributed by atoms with E-state index in [-0.39, 0.29) is 18.3 Å². The summed E-state index contributed by atoms with van der Waals surface area (Å²) in [5, 5.41) is 10.7. The number of halogens is 1. The number of hydrogen-bond acceptors (Lipinski definition) is 3. The van der Waals surface area contributed by atoms with Crippen molar-refractivity contribution >= 4 is 18.3 Å². The van der Waals surface area contributed by atoms with Gasteiger partial charge in [0, 0.05) is 31.2 Å². The molecule has 1 saturated heterocycles. The molecule has 1 unspecified atom stereocenters. The van der Waals surface area contributed by atoms with Crippen molar-refractivity contribution in [3.63, 3.8) is 0 Å². The standard InChI is InChI=1S/C14H24N4O.ClH/c1-11-9-12(2)18(17-11)8-4-7-16-14(19)10-13-5-3-6-15-13;/h9,13,15H,3-8,10H2,1-2H3,(H,16,19);1H. The second-order valence-corrected chi connectivity index (χ2v) is 5.35. The smallest absolute Gasteiger partial charge is 0.221 e. The van der Waals surface area contributed by atoms with Crippen LogP contribution in [-0.2, 0) is 11.3 Å². The molecule has 2 rings (SSSR count). The van der Waals surface area contributed by atoms with Crippen LogP contribution in [0, 0.1) is 13.8 Å². The highest BCUT2D eigenvalue weighted by Gasteiger charge is 2.17. The third-order valence-corrected chi connectivity index (χ3v) is 3.57. The minimum Gasteiger partial charge on any atom is -0.356 e. The van der Waals surface area contributed by atoms with Crippen molar-refractivity contribution in [1.29, 1.82) is 0 Å². The summed E-state index contributed by atoms with van der Waals surface area (Å²) in [6, 6.07) is 2.46. The molecule has 0 bridgehead atoms. The molecule has 0 saturated carbocycles. The van der Waals surface area contributed by atoms with E-state index in [0.717, 1.165) is 38.2 Å². The number of carbonyl (C=O) groups is 1. The number of nitrogens with one attached hydrogen (secondary N) is 2. The van der Waals surface area contributed by atoms with Gasteiger partial charge in [-0.1, -0.05) is 0 Å². The molecule has 1 aliphatic heterocycles. The molecule has 1 aliphatic rings. The fourth-order valence-corrected chi connectivity index (χ4v) is 2.58. The fourth-order valence-electron chi connectivity index (χ4n) is 2.58. The van der Waals surface area contributed by atoms with Gasteiger partial charge in [0.15, 0.2) is 0 Å². The van der Waals surface area contributed by atoms with Crippen LogP contribution in [0.3, 0.4) is 0 Å². The average molecular weight is 301 g/mol. The third kappa shape index (κ3) is 5.13. The highest BCUT2D eigenvalue weighted by atomic mass is 35.5. The Labute approximate surface area is 126 Å². The lowest BCUT2D eigenvalue weighted by atomic mass is 10.1. The van der Waals surface area contributed by atoms with Crippen LogP contribution in [0.15, 0.2) is 6.07 Å². The van der Waals surface area contributed by atoms with Crippen LogP contribution >= 0.6 is 12.4 Å². The molecule has 0 aliphatic carbocycles. The maximum atomic E-state index is 11.7. The van der Waals surface area contributed by atoms with Gasteiger partial charge in [0.1, 0.15) is 0 Å². The minimum atomic E-state index is 0. The van der Waals surface area contributed by atoms with Gasteiger partial charge >= 0.3 is 0 Å². The lowest BCUT2D eigenvalue weighted by Gasteiger charge is -2.10. The number of aromatic nitrogens is 2. The Morgan fingerprint density at radius 3 is 2.95 bits per heavy atom. The summed E-state index contributed by atoms with van der Waals surface area (Å²) in [6.45, 7) is 6.70. The van der Waals surface area contributed by atoms with Crippen molar-refractivity contribution in [2.75, 3.05) is 13.1 Å². The molecule has 1 amide bonds. The van der Waals surface area contributed by atoms with E-state index < -0.39 is 0 Å². The molecule has 5 nitrogen and oxygen atoms in total. The van der Waals surface area contributed by atoms with E-state index in [2.05, 4.69) is 28.7 Å². The first-order valence-corrected chi connectivity index (χ1v) is 7.16. The number of nitrogens with zero attached hydrogens (tertiary/aromatic N) is 2. The normalized spacial score (nSPS) is 17.8. The van der Waals surface area contributed by atoms with Crippen molar-refractivity contribution in [2.45, 2.75) is 52.1 Å². The van der Waals surface area contributed by atoms with E-state index in [9.17, 15) is 4.79 Å². The molecular weight excluding hydrogens is 276 g/mol. The molecule has 0 radical (unpaired) electrons. The van der Waals surface area contributed by atoms with E-state index in [0.29, 0.717) is 12.5 Å². The zero-order valence-electron chi connectivity index (χ0n) is 12.3. The van der Waals surface area contributed by atoms with Crippen molar-refractivity contribution in [3.05, 3.63) is 17.5 Å². The molecule has 2 N–H and O–H groups in total. The first kappa shape index (κ1) is 17.0. The van der Waals surface area contributed by atoms with Gasteiger partial charge < -0.3 is 10.6 Å². The van der Waals surface area contributed by atoms with Crippen LogP contribution in [-0.4, -0.2) is 34.8 Å². The average Bonchev–Trinajstić information content (AvgIpc) is 2.95. The summed E-state index contributed by atoms with van der Waals surface area (Å²) < 4.78 is 2.00. The number of hydrogen-bond donors (Lipinski definition) is 2. The molecule has 1 aromatic heterocycles. The molecule has 1 aromatic rings. The molecular formula is C14H25ClN4O. The maximum Gasteiger partial charge on any atom is 0.221 e. The minimum absolute atomic E-state index is 0. The van der Waals surface area contributed by atoms with Crippen molar-refractivity contribution in [3.8, 4) is 0 Å². The summed E-state index contributed by atoms with van der Waals surface area (Å²) >= 11 is 0. The Hall–Kier alpha value is -1.07.